The van der Waals surface area contributed by atoms with E-state index in [2.05, 4.69) is 26.0 Å². The summed E-state index contributed by atoms with van der Waals surface area (Å²) in [4.78, 5) is 11.7. The summed E-state index contributed by atoms with van der Waals surface area (Å²) in [5.41, 5.74) is 0.747. The number of hydrogen-bond acceptors (Lipinski definition) is 3. The molecule has 1 aromatic carbocycles. The number of alkyl halides is 1. The van der Waals surface area contributed by atoms with E-state index in [0.717, 1.165) is 24.4 Å². The van der Waals surface area contributed by atoms with Crippen molar-refractivity contribution in [2.24, 2.45) is 0 Å². The van der Waals surface area contributed by atoms with Crippen molar-refractivity contribution in [3.05, 3.63) is 23.2 Å². The van der Waals surface area contributed by atoms with Crippen molar-refractivity contribution in [1.82, 2.24) is 0 Å². The Morgan fingerprint density at radius 3 is 2.65 bits per heavy atom. The Hall–Kier alpha value is -0.790. The van der Waals surface area contributed by atoms with Crippen LogP contribution in [0, 0.1) is 0 Å². The highest BCUT2D eigenvalue weighted by atomic mass is 79.9. The number of amides is 1. The van der Waals surface area contributed by atoms with E-state index in [4.69, 9.17) is 11.6 Å². The number of rotatable bonds is 7. The highest BCUT2D eigenvalue weighted by Gasteiger charge is 2.09. The standard InChI is InChI=1S/C12H16BrClN2O3S/c1-20(18,19)16-9-5-6-10(14)11(8-9)15-12(17)4-2-3-7-13/h5-6,8,16H,2-4,7H2,1H3,(H,15,17). The molecule has 0 saturated carbocycles. The van der Waals surface area contributed by atoms with Crippen LogP contribution in [0.5, 0.6) is 0 Å². The second-order valence-electron chi connectivity index (χ2n) is 4.26. The van der Waals surface area contributed by atoms with Crippen LogP contribution in [0.4, 0.5) is 11.4 Å². The van der Waals surface area contributed by atoms with Crippen LogP contribution in [0.3, 0.4) is 0 Å². The van der Waals surface area contributed by atoms with Gasteiger partial charge in [-0.25, -0.2) is 8.42 Å². The Kier molecular flexibility index (Phi) is 6.78. The summed E-state index contributed by atoms with van der Waals surface area (Å²) in [5, 5.41) is 3.89. The molecule has 5 nitrogen and oxygen atoms in total. The van der Waals surface area contributed by atoms with E-state index >= 15 is 0 Å². The Labute approximate surface area is 132 Å². The lowest BCUT2D eigenvalue weighted by atomic mass is 10.2. The summed E-state index contributed by atoms with van der Waals surface area (Å²) in [6, 6.07) is 4.55. The maximum atomic E-state index is 11.7. The van der Waals surface area contributed by atoms with E-state index in [1.807, 2.05) is 0 Å². The minimum atomic E-state index is -3.36. The quantitative estimate of drug-likeness (QED) is 0.561. The summed E-state index contributed by atoms with van der Waals surface area (Å²) >= 11 is 9.27. The van der Waals surface area contributed by atoms with Gasteiger partial charge in [-0.05, 0) is 31.0 Å². The summed E-state index contributed by atoms with van der Waals surface area (Å²) in [7, 11) is -3.36. The van der Waals surface area contributed by atoms with E-state index in [0.29, 0.717) is 22.8 Å². The molecule has 0 aromatic heterocycles. The van der Waals surface area contributed by atoms with Crippen LogP contribution in [0.2, 0.25) is 5.02 Å². The highest BCUT2D eigenvalue weighted by molar-refractivity contribution is 9.09. The Bertz CT molecular complexity index is 578. The molecule has 0 radical (unpaired) electrons. The molecule has 20 heavy (non-hydrogen) atoms. The molecule has 0 unspecified atom stereocenters. The van der Waals surface area contributed by atoms with Crippen molar-refractivity contribution in [3.63, 3.8) is 0 Å². The number of halogens is 2. The van der Waals surface area contributed by atoms with Crippen LogP contribution in [0.1, 0.15) is 19.3 Å². The van der Waals surface area contributed by atoms with Crippen LogP contribution in [-0.4, -0.2) is 25.9 Å². The highest BCUT2D eigenvalue weighted by Crippen LogP contribution is 2.26. The van der Waals surface area contributed by atoms with E-state index in [1.165, 1.54) is 18.2 Å². The molecule has 8 heteroatoms. The SMILES string of the molecule is CS(=O)(=O)Nc1ccc(Cl)c(NC(=O)CCCCBr)c1. The van der Waals surface area contributed by atoms with Crippen LogP contribution < -0.4 is 10.0 Å². The van der Waals surface area contributed by atoms with Crippen LogP contribution >= 0.6 is 27.5 Å². The van der Waals surface area contributed by atoms with Gasteiger partial charge >= 0.3 is 0 Å². The minimum Gasteiger partial charge on any atom is -0.325 e. The topological polar surface area (TPSA) is 75.3 Å². The Morgan fingerprint density at radius 1 is 1.35 bits per heavy atom. The fourth-order valence-electron chi connectivity index (χ4n) is 1.49. The molecule has 1 aromatic rings. The first-order valence-corrected chi connectivity index (χ1v) is 9.34. The maximum Gasteiger partial charge on any atom is 0.229 e. The van der Waals surface area contributed by atoms with Gasteiger partial charge in [0.2, 0.25) is 15.9 Å². The van der Waals surface area contributed by atoms with Crippen LogP contribution in [0.25, 0.3) is 0 Å². The van der Waals surface area contributed by atoms with Gasteiger partial charge in [0.05, 0.1) is 22.7 Å². The molecule has 1 amide bonds. The van der Waals surface area contributed by atoms with Crippen molar-refractivity contribution in [1.29, 1.82) is 0 Å². The molecule has 0 aliphatic rings. The molecule has 112 valence electrons. The molecule has 0 heterocycles. The fraction of sp³-hybridized carbons (Fsp3) is 0.417. The first-order chi connectivity index (χ1) is 9.31. The van der Waals surface area contributed by atoms with E-state index in [1.54, 1.807) is 0 Å². The van der Waals surface area contributed by atoms with E-state index in [-0.39, 0.29) is 5.91 Å². The van der Waals surface area contributed by atoms with Gasteiger partial charge in [-0.2, -0.15) is 0 Å². The third-order valence-corrected chi connectivity index (χ3v) is 3.83. The number of hydrogen-bond donors (Lipinski definition) is 2. The number of anilines is 2. The lowest BCUT2D eigenvalue weighted by Crippen LogP contribution is -2.13. The van der Waals surface area contributed by atoms with Gasteiger partial charge < -0.3 is 5.32 Å². The first-order valence-electron chi connectivity index (χ1n) is 5.95. The van der Waals surface area contributed by atoms with Gasteiger partial charge in [-0.3, -0.25) is 9.52 Å². The largest absolute Gasteiger partial charge is 0.325 e. The van der Waals surface area contributed by atoms with Gasteiger partial charge in [0.25, 0.3) is 0 Å². The van der Waals surface area contributed by atoms with Crippen molar-refractivity contribution in [2.45, 2.75) is 19.3 Å². The van der Waals surface area contributed by atoms with Crippen molar-refractivity contribution >= 4 is 54.8 Å². The van der Waals surface area contributed by atoms with Gasteiger partial charge in [0, 0.05) is 11.8 Å². The molecule has 0 bridgehead atoms. The normalized spacial score (nSPS) is 11.2. The van der Waals surface area contributed by atoms with Gasteiger partial charge in [-0.15, -0.1) is 0 Å². The second kappa shape index (κ2) is 7.85. The second-order valence-corrected chi connectivity index (χ2v) is 7.21. The van der Waals surface area contributed by atoms with Crippen molar-refractivity contribution in [2.75, 3.05) is 21.6 Å². The molecular formula is C12H16BrClN2O3S. The predicted molar refractivity (Wildman–Crippen MR) is 86.2 cm³/mol. The summed E-state index contributed by atoms with van der Waals surface area (Å²) in [6.07, 6.45) is 3.14. The lowest BCUT2D eigenvalue weighted by molar-refractivity contribution is -0.116. The van der Waals surface area contributed by atoms with Crippen molar-refractivity contribution < 1.29 is 13.2 Å². The smallest absolute Gasteiger partial charge is 0.229 e. The number of carbonyl (C=O) groups excluding carboxylic acids is 1. The number of sulfonamides is 1. The molecule has 1 rings (SSSR count). The third-order valence-electron chi connectivity index (χ3n) is 2.33. The van der Waals surface area contributed by atoms with Gasteiger partial charge in [0.1, 0.15) is 0 Å². The molecule has 2 N–H and O–H groups in total. The molecule has 0 aliphatic carbocycles. The Balaban J connectivity index is 2.74. The van der Waals surface area contributed by atoms with Gasteiger partial charge in [0.15, 0.2) is 0 Å². The maximum absolute atomic E-state index is 11.7. The molecule has 0 spiro atoms. The molecule has 0 aliphatic heterocycles. The summed E-state index contributed by atoms with van der Waals surface area (Å²) in [5.74, 6) is -0.149. The van der Waals surface area contributed by atoms with Gasteiger partial charge in [-0.1, -0.05) is 27.5 Å². The monoisotopic (exact) mass is 382 g/mol. The number of carbonyl (C=O) groups is 1. The van der Waals surface area contributed by atoms with Crippen LogP contribution in [-0.2, 0) is 14.8 Å². The lowest BCUT2D eigenvalue weighted by Gasteiger charge is -2.10. The number of nitrogens with one attached hydrogen (secondary N) is 2. The summed E-state index contributed by atoms with van der Waals surface area (Å²) < 4.78 is 24.6. The minimum absolute atomic E-state index is 0.149. The average molecular weight is 384 g/mol. The average Bonchev–Trinajstić information content (AvgIpc) is 2.32. The molecular weight excluding hydrogens is 368 g/mol. The third kappa shape index (κ3) is 6.58. The molecule has 0 saturated heterocycles. The zero-order chi connectivity index (χ0) is 15.2. The number of unbranched alkanes of at least 4 members (excludes halogenated alkanes) is 1. The van der Waals surface area contributed by atoms with Crippen LogP contribution in [0.15, 0.2) is 18.2 Å². The Morgan fingerprint density at radius 2 is 2.05 bits per heavy atom. The summed E-state index contributed by atoms with van der Waals surface area (Å²) in [6.45, 7) is 0. The van der Waals surface area contributed by atoms with E-state index in [9.17, 15) is 13.2 Å². The zero-order valence-electron chi connectivity index (χ0n) is 10.9. The van der Waals surface area contributed by atoms with Crippen molar-refractivity contribution in [3.8, 4) is 0 Å². The first kappa shape index (κ1) is 17.3. The zero-order valence-corrected chi connectivity index (χ0v) is 14.1. The fourth-order valence-corrected chi connectivity index (χ4v) is 2.61. The predicted octanol–water partition coefficient (Wildman–Crippen LogP) is 3.22. The van der Waals surface area contributed by atoms with E-state index < -0.39 is 10.0 Å². The number of benzene rings is 1. The molecule has 0 atom stereocenters. The molecule has 0 fully saturated rings.